The first-order valence-corrected chi connectivity index (χ1v) is 6.12. The van der Waals surface area contributed by atoms with E-state index in [2.05, 4.69) is 50.2 Å². The molecule has 66 valence electrons. The molecule has 0 bridgehead atoms. The molecule has 0 aliphatic carbocycles. The van der Waals surface area contributed by atoms with E-state index in [0.717, 1.165) is 23.1 Å². The Bertz CT molecular complexity index is 470. The van der Waals surface area contributed by atoms with Crippen LogP contribution in [0.5, 0.6) is 0 Å². The zero-order valence-electron chi connectivity index (χ0n) is 6.39. The van der Waals surface area contributed by atoms with Gasteiger partial charge in [-0.3, -0.25) is 4.98 Å². The Morgan fingerprint density at radius 1 is 1.15 bits per heavy atom. The molecule has 2 aromatic rings. The third kappa shape index (κ3) is 1.78. The van der Waals surface area contributed by atoms with E-state index in [9.17, 15) is 0 Å². The van der Waals surface area contributed by atoms with Crippen LogP contribution in [0, 0.1) is 7.14 Å². The Hall–Kier alpha value is 0.380. The molecule has 0 radical (unpaired) electrons. The highest BCUT2D eigenvalue weighted by Gasteiger charge is 2.05. The van der Waals surface area contributed by atoms with Gasteiger partial charge < -0.3 is 0 Å². The lowest BCUT2D eigenvalue weighted by atomic mass is 10.2. The van der Waals surface area contributed by atoms with Crippen LogP contribution in [-0.4, -0.2) is 4.98 Å². The first-order chi connectivity index (χ1) is 6.20. The lowest BCUT2D eigenvalue weighted by molar-refractivity contribution is 1.38. The van der Waals surface area contributed by atoms with E-state index < -0.39 is 0 Å². The van der Waals surface area contributed by atoms with E-state index in [0.29, 0.717) is 0 Å². The molecule has 0 amide bonds. The second-order valence-electron chi connectivity index (χ2n) is 2.56. The number of hydrogen-bond donors (Lipinski definition) is 0. The second-order valence-corrected chi connectivity index (χ2v) is 5.26. The molecule has 0 spiro atoms. The van der Waals surface area contributed by atoms with Gasteiger partial charge in [-0.1, -0.05) is 23.7 Å². The van der Waals surface area contributed by atoms with Crippen molar-refractivity contribution in [3.63, 3.8) is 0 Å². The highest BCUT2D eigenvalue weighted by molar-refractivity contribution is 14.1. The fraction of sp³-hybridized carbons (Fsp3) is 0. The number of pyridine rings is 1. The highest BCUT2D eigenvalue weighted by Crippen LogP contribution is 2.28. The van der Waals surface area contributed by atoms with Crippen molar-refractivity contribution in [2.24, 2.45) is 0 Å². The van der Waals surface area contributed by atoms with Gasteiger partial charge in [0.2, 0.25) is 0 Å². The molecule has 0 saturated heterocycles. The fourth-order valence-electron chi connectivity index (χ4n) is 1.13. The Kier molecular flexibility index (Phi) is 2.94. The van der Waals surface area contributed by atoms with Crippen molar-refractivity contribution in [1.82, 2.24) is 4.98 Å². The first-order valence-electron chi connectivity index (χ1n) is 3.58. The summed E-state index contributed by atoms with van der Waals surface area (Å²) < 4.78 is 2.13. The predicted octanol–water partition coefficient (Wildman–Crippen LogP) is 4.10. The SMILES string of the molecule is Clc1c(I)cnc2c(I)cccc12. The third-order valence-electron chi connectivity index (χ3n) is 1.74. The standard InChI is InChI=1S/C9H4ClI2N/c10-8-5-2-1-3-6(11)9(5)13-4-7(8)12/h1-4H. The van der Waals surface area contributed by atoms with E-state index in [1.165, 1.54) is 0 Å². The summed E-state index contributed by atoms with van der Waals surface area (Å²) in [7, 11) is 0. The smallest absolute Gasteiger partial charge is 0.0851 e. The van der Waals surface area contributed by atoms with Crippen LogP contribution in [0.25, 0.3) is 10.9 Å². The van der Waals surface area contributed by atoms with Gasteiger partial charge in [0.25, 0.3) is 0 Å². The Morgan fingerprint density at radius 3 is 2.69 bits per heavy atom. The minimum atomic E-state index is 0.795. The predicted molar refractivity (Wildman–Crippen MR) is 72.2 cm³/mol. The second kappa shape index (κ2) is 3.86. The molecule has 0 saturated carbocycles. The largest absolute Gasteiger partial charge is 0.254 e. The van der Waals surface area contributed by atoms with Gasteiger partial charge >= 0.3 is 0 Å². The fourth-order valence-corrected chi connectivity index (χ4v) is 2.40. The van der Waals surface area contributed by atoms with Crippen LogP contribution in [0.1, 0.15) is 0 Å². The molecular formula is C9H4ClI2N. The molecule has 0 unspecified atom stereocenters. The number of para-hydroxylation sites is 1. The average molecular weight is 415 g/mol. The number of nitrogens with zero attached hydrogens (tertiary/aromatic N) is 1. The number of rotatable bonds is 0. The number of fused-ring (bicyclic) bond motifs is 1. The normalized spacial score (nSPS) is 10.7. The highest BCUT2D eigenvalue weighted by atomic mass is 127. The van der Waals surface area contributed by atoms with Crippen molar-refractivity contribution in [2.45, 2.75) is 0 Å². The Morgan fingerprint density at radius 2 is 1.92 bits per heavy atom. The molecule has 1 heterocycles. The van der Waals surface area contributed by atoms with Crippen molar-refractivity contribution in [1.29, 1.82) is 0 Å². The summed E-state index contributed by atoms with van der Waals surface area (Å²) in [5.74, 6) is 0. The Labute approximate surface area is 108 Å². The zero-order chi connectivity index (χ0) is 9.42. The van der Waals surface area contributed by atoms with Crippen LogP contribution >= 0.6 is 56.8 Å². The Balaban J connectivity index is 2.94. The number of aromatic nitrogens is 1. The van der Waals surface area contributed by atoms with Crippen LogP contribution in [0.3, 0.4) is 0 Å². The number of halogens is 3. The van der Waals surface area contributed by atoms with Crippen LogP contribution in [0.2, 0.25) is 5.02 Å². The summed E-state index contributed by atoms with van der Waals surface area (Å²) in [4.78, 5) is 4.34. The lowest BCUT2D eigenvalue weighted by Crippen LogP contribution is -1.86. The maximum absolute atomic E-state index is 6.15. The van der Waals surface area contributed by atoms with Crippen molar-refractivity contribution in [3.8, 4) is 0 Å². The zero-order valence-corrected chi connectivity index (χ0v) is 11.5. The van der Waals surface area contributed by atoms with Gasteiger partial charge in [-0.25, -0.2) is 0 Å². The molecule has 4 heteroatoms. The van der Waals surface area contributed by atoms with E-state index >= 15 is 0 Å². The molecule has 2 rings (SSSR count). The molecule has 1 aromatic heterocycles. The molecule has 1 nitrogen and oxygen atoms in total. The summed E-state index contributed by atoms with van der Waals surface area (Å²) in [6.45, 7) is 0. The molecule has 1 aromatic carbocycles. The van der Waals surface area contributed by atoms with Gasteiger partial charge in [0.1, 0.15) is 0 Å². The van der Waals surface area contributed by atoms with Gasteiger partial charge in [-0.15, -0.1) is 0 Å². The average Bonchev–Trinajstić information content (AvgIpc) is 2.12. The molecule has 0 aliphatic heterocycles. The quantitative estimate of drug-likeness (QED) is 0.591. The first kappa shape index (κ1) is 9.92. The lowest BCUT2D eigenvalue weighted by Gasteiger charge is -2.02. The van der Waals surface area contributed by atoms with E-state index in [1.54, 1.807) is 6.20 Å². The summed E-state index contributed by atoms with van der Waals surface area (Å²) in [6, 6.07) is 6.02. The maximum Gasteiger partial charge on any atom is 0.0851 e. The van der Waals surface area contributed by atoms with Crippen LogP contribution in [0.15, 0.2) is 24.4 Å². The summed E-state index contributed by atoms with van der Waals surface area (Å²) in [5.41, 5.74) is 0.980. The molecule has 13 heavy (non-hydrogen) atoms. The molecule has 0 atom stereocenters. The van der Waals surface area contributed by atoms with Gasteiger partial charge in [-0.05, 0) is 51.2 Å². The number of benzene rings is 1. The summed E-state index contributed by atoms with van der Waals surface area (Å²) >= 11 is 10.6. The third-order valence-corrected chi connectivity index (χ3v) is 4.15. The molecule has 0 fully saturated rings. The van der Waals surface area contributed by atoms with E-state index in [1.807, 2.05) is 18.2 Å². The van der Waals surface area contributed by atoms with Crippen molar-refractivity contribution in [2.75, 3.05) is 0 Å². The van der Waals surface area contributed by atoms with Gasteiger partial charge in [0.15, 0.2) is 0 Å². The maximum atomic E-state index is 6.15. The van der Waals surface area contributed by atoms with Crippen LogP contribution < -0.4 is 0 Å². The van der Waals surface area contributed by atoms with Crippen molar-refractivity contribution >= 4 is 67.7 Å². The van der Waals surface area contributed by atoms with Crippen molar-refractivity contribution in [3.05, 3.63) is 36.6 Å². The summed E-state index contributed by atoms with van der Waals surface area (Å²) in [5, 5.41) is 1.82. The number of hydrogen-bond acceptors (Lipinski definition) is 1. The molecule has 0 N–H and O–H groups in total. The van der Waals surface area contributed by atoms with Crippen molar-refractivity contribution < 1.29 is 0 Å². The molecule has 0 aliphatic rings. The van der Waals surface area contributed by atoms with E-state index in [-0.39, 0.29) is 0 Å². The minimum Gasteiger partial charge on any atom is -0.254 e. The van der Waals surface area contributed by atoms with E-state index in [4.69, 9.17) is 11.6 Å². The monoisotopic (exact) mass is 415 g/mol. The van der Waals surface area contributed by atoms with Gasteiger partial charge in [0, 0.05) is 15.2 Å². The summed E-state index contributed by atoms with van der Waals surface area (Å²) in [6.07, 6.45) is 1.80. The molecular weight excluding hydrogens is 411 g/mol. The van der Waals surface area contributed by atoms with Crippen LogP contribution in [0.4, 0.5) is 0 Å². The van der Waals surface area contributed by atoms with Gasteiger partial charge in [-0.2, -0.15) is 0 Å². The van der Waals surface area contributed by atoms with Crippen LogP contribution in [-0.2, 0) is 0 Å². The van der Waals surface area contributed by atoms with Gasteiger partial charge in [0.05, 0.1) is 14.1 Å². The minimum absolute atomic E-state index is 0.795. The topological polar surface area (TPSA) is 12.9 Å².